The summed E-state index contributed by atoms with van der Waals surface area (Å²) < 4.78 is 0. The summed E-state index contributed by atoms with van der Waals surface area (Å²) in [5, 5.41) is 0. The van der Waals surface area contributed by atoms with Crippen molar-refractivity contribution in [3.8, 4) is 0 Å². The quantitative estimate of drug-likeness (QED) is 0.734. The van der Waals surface area contributed by atoms with E-state index in [0.717, 1.165) is 6.42 Å². The Labute approximate surface area is 129 Å². The van der Waals surface area contributed by atoms with E-state index in [1.54, 1.807) is 4.90 Å². The molecule has 1 unspecified atom stereocenters. The Hall–Kier alpha value is -1.89. The Balaban J connectivity index is 1.68. The fourth-order valence-electron chi connectivity index (χ4n) is 3.59. The van der Waals surface area contributed by atoms with E-state index in [4.69, 9.17) is 11.5 Å². The van der Waals surface area contributed by atoms with Crippen LogP contribution in [0.15, 0.2) is 4.79 Å². The lowest BCUT2D eigenvalue weighted by Crippen LogP contribution is -2.47. The van der Waals surface area contributed by atoms with Gasteiger partial charge in [-0.05, 0) is 18.8 Å². The summed E-state index contributed by atoms with van der Waals surface area (Å²) >= 11 is 0. The zero-order valence-electron chi connectivity index (χ0n) is 12.7. The minimum atomic E-state index is -0.455. The Morgan fingerprint density at radius 2 is 2.14 bits per heavy atom. The van der Waals surface area contributed by atoms with E-state index >= 15 is 0 Å². The standard InChI is InChI=1S/C15H23N5O2/c16-11(7-9-3-1-2-4-9)14(22)20-6-5-10-12(8-20)18-15(17)19-13(10)21/h9,11H,1-8,16H2,(H3,17,18,19,21). The summed E-state index contributed by atoms with van der Waals surface area (Å²) in [6, 6.07) is -0.455. The average molecular weight is 305 g/mol. The molecule has 1 amide bonds. The predicted molar refractivity (Wildman–Crippen MR) is 82.9 cm³/mol. The Kier molecular flexibility index (Phi) is 4.15. The van der Waals surface area contributed by atoms with Crippen LogP contribution >= 0.6 is 0 Å². The number of nitrogens with two attached hydrogens (primary N) is 2. The van der Waals surface area contributed by atoms with Crippen LogP contribution in [0.2, 0.25) is 0 Å². The van der Waals surface area contributed by atoms with E-state index in [2.05, 4.69) is 9.97 Å². The number of H-pyrrole nitrogens is 1. The zero-order chi connectivity index (χ0) is 15.7. The number of rotatable bonds is 3. The number of aromatic nitrogens is 2. The lowest BCUT2D eigenvalue weighted by molar-refractivity contribution is -0.134. The third kappa shape index (κ3) is 2.99. The third-order valence-electron chi connectivity index (χ3n) is 4.78. The van der Waals surface area contributed by atoms with Crippen LogP contribution in [0.5, 0.6) is 0 Å². The van der Waals surface area contributed by atoms with Crippen molar-refractivity contribution in [2.75, 3.05) is 12.3 Å². The van der Waals surface area contributed by atoms with Crippen LogP contribution in [0, 0.1) is 5.92 Å². The highest BCUT2D eigenvalue weighted by molar-refractivity contribution is 5.81. The van der Waals surface area contributed by atoms with Gasteiger partial charge in [-0.1, -0.05) is 25.7 Å². The van der Waals surface area contributed by atoms with Gasteiger partial charge in [-0.3, -0.25) is 14.6 Å². The topological polar surface area (TPSA) is 118 Å². The third-order valence-corrected chi connectivity index (χ3v) is 4.78. The minimum absolute atomic E-state index is 0.0433. The molecule has 1 atom stereocenters. The van der Waals surface area contributed by atoms with Crippen LogP contribution in [0.4, 0.5) is 5.95 Å². The average Bonchev–Trinajstić information content (AvgIpc) is 2.98. The van der Waals surface area contributed by atoms with Gasteiger partial charge in [0.25, 0.3) is 5.56 Å². The Bertz CT molecular complexity index is 621. The molecular formula is C15H23N5O2. The van der Waals surface area contributed by atoms with Gasteiger partial charge in [0.1, 0.15) is 0 Å². The molecule has 2 heterocycles. The van der Waals surface area contributed by atoms with Gasteiger partial charge >= 0.3 is 0 Å². The number of carbonyl (C=O) groups excluding carboxylic acids is 1. The fraction of sp³-hybridized carbons (Fsp3) is 0.667. The number of nitrogen functional groups attached to an aromatic ring is 1. The molecule has 1 saturated carbocycles. The number of nitrogens with one attached hydrogen (secondary N) is 1. The predicted octanol–water partition coefficient (Wildman–Crippen LogP) is 0.144. The van der Waals surface area contributed by atoms with Crippen LogP contribution in [0.1, 0.15) is 43.4 Å². The summed E-state index contributed by atoms with van der Waals surface area (Å²) in [4.78, 5) is 32.7. The molecule has 7 heteroatoms. The van der Waals surface area contributed by atoms with E-state index in [-0.39, 0.29) is 17.4 Å². The van der Waals surface area contributed by atoms with E-state index in [0.29, 0.717) is 36.7 Å². The summed E-state index contributed by atoms with van der Waals surface area (Å²) in [6.07, 6.45) is 6.10. The molecule has 3 rings (SSSR count). The van der Waals surface area contributed by atoms with Crippen molar-refractivity contribution in [3.05, 3.63) is 21.6 Å². The largest absolute Gasteiger partial charge is 0.369 e. The van der Waals surface area contributed by atoms with Crippen molar-refractivity contribution in [1.82, 2.24) is 14.9 Å². The van der Waals surface area contributed by atoms with Crippen LogP contribution in [0.3, 0.4) is 0 Å². The highest BCUT2D eigenvalue weighted by Gasteiger charge is 2.29. The number of aromatic amines is 1. The van der Waals surface area contributed by atoms with Gasteiger partial charge in [0.2, 0.25) is 11.9 Å². The zero-order valence-corrected chi connectivity index (χ0v) is 12.7. The number of amides is 1. The minimum Gasteiger partial charge on any atom is -0.369 e. The molecule has 0 aromatic carbocycles. The number of hydrogen-bond acceptors (Lipinski definition) is 5. The molecule has 1 aliphatic carbocycles. The molecule has 1 aromatic heterocycles. The van der Waals surface area contributed by atoms with Crippen molar-refractivity contribution in [1.29, 1.82) is 0 Å². The SMILES string of the molecule is Nc1nc2c(c(=O)[nH]1)CCN(C(=O)C(N)CC1CCCC1)C2. The molecular weight excluding hydrogens is 282 g/mol. The molecule has 1 aliphatic heterocycles. The molecule has 2 aliphatic rings. The number of hydrogen-bond donors (Lipinski definition) is 3. The molecule has 0 spiro atoms. The maximum atomic E-state index is 12.5. The number of anilines is 1. The Morgan fingerprint density at radius 3 is 2.86 bits per heavy atom. The van der Waals surface area contributed by atoms with Gasteiger partial charge in [0, 0.05) is 12.1 Å². The monoisotopic (exact) mass is 305 g/mol. The van der Waals surface area contributed by atoms with E-state index in [1.165, 1.54) is 25.7 Å². The lowest BCUT2D eigenvalue weighted by atomic mass is 9.97. The smallest absolute Gasteiger partial charge is 0.255 e. The summed E-state index contributed by atoms with van der Waals surface area (Å²) in [5.41, 5.74) is 12.7. The second-order valence-electron chi connectivity index (χ2n) is 6.38. The molecule has 0 radical (unpaired) electrons. The molecule has 22 heavy (non-hydrogen) atoms. The molecule has 0 bridgehead atoms. The second kappa shape index (κ2) is 6.08. The first-order valence-electron chi connectivity index (χ1n) is 7.96. The lowest BCUT2D eigenvalue weighted by Gasteiger charge is -2.30. The molecule has 120 valence electrons. The van der Waals surface area contributed by atoms with Gasteiger partial charge in [0.15, 0.2) is 0 Å². The van der Waals surface area contributed by atoms with Crippen LogP contribution < -0.4 is 17.0 Å². The van der Waals surface area contributed by atoms with Gasteiger partial charge in [-0.2, -0.15) is 0 Å². The highest BCUT2D eigenvalue weighted by Crippen LogP contribution is 2.28. The van der Waals surface area contributed by atoms with E-state index < -0.39 is 6.04 Å². The van der Waals surface area contributed by atoms with Gasteiger partial charge < -0.3 is 16.4 Å². The Morgan fingerprint density at radius 1 is 1.41 bits per heavy atom. The molecule has 5 N–H and O–H groups in total. The molecule has 7 nitrogen and oxygen atoms in total. The van der Waals surface area contributed by atoms with Gasteiger partial charge in [-0.15, -0.1) is 0 Å². The summed E-state index contributed by atoms with van der Waals surface area (Å²) in [6.45, 7) is 0.833. The van der Waals surface area contributed by atoms with Crippen LogP contribution in [-0.2, 0) is 17.8 Å². The van der Waals surface area contributed by atoms with Crippen molar-refractivity contribution in [3.63, 3.8) is 0 Å². The number of fused-ring (bicyclic) bond motifs is 1. The molecule has 1 fully saturated rings. The fourth-order valence-corrected chi connectivity index (χ4v) is 3.59. The highest BCUT2D eigenvalue weighted by atomic mass is 16.2. The van der Waals surface area contributed by atoms with Crippen LogP contribution in [-0.4, -0.2) is 33.4 Å². The first-order valence-corrected chi connectivity index (χ1v) is 7.96. The first-order chi connectivity index (χ1) is 10.5. The van der Waals surface area contributed by atoms with Crippen molar-refractivity contribution in [2.45, 2.75) is 51.1 Å². The van der Waals surface area contributed by atoms with Crippen LogP contribution in [0.25, 0.3) is 0 Å². The molecule has 0 saturated heterocycles. The normalized spacial score (nSPS) is 20.0. The van der Waals surface area contributed by atoms with Crippen molar-refractivity contribution >= 4 is 11.9 Å². The maximum Gasteiger partial charge on any atom is 0.255 e. The van der Waals surface area contributed by atoms with Crippen molar-refractivity contribution in [2.24, 2.45) is 11.7 Å². The number of nitrogens with zero attached hydrogens (tertiary/aromatic N) is 2. The molecule has 1 aromatic rings. The van der Waals surface area contributed by atoms with E-state index in [1.807, 2.05) is 0 Å². The van der Waals surface area contributed by atoms with Crippen molar-refractivity contribution < 1.29 is 4.79 Å². The summed E-state index contributed by atoms with van der Waals surface area (Å²) in [7, 11) is 0. The second-order valence-corrected chi connectivity index (χ2v) is 6.38. The first kappa shape index (κ1) is 15.0. The number of carbonyl (C=O) groups is 1. The maximum absolute atomic E-state index is 12.5. The van der Waals surface area contributed by atoms with E-state index in [9.17, 15) is 9.59 Å². The van der Waals surface area contributed by atoms with Gasteiger partial charge in [-0.25, -0.2) is 4.98 Å². The van der Waals surface area contributed by atoms with Gasteiger partial charge in [0.05, 0.1) is 18.3 Å². The summed E-state index contributed by atoms with van der Waals surface area (Å²) in [5.74, 6) is 0.624.